The lowest BCUT2D eigenvalue weighted by Gasteiger charge is -2.26. The second-order valence-corrected chi connectivity index (χ2v) is 9.02. The van der Waals surface area contributed by atoms with Crippen molar-refractivity contribution in [2.75, 3.05) is 38.2 Å². The number of aromatic nitrogens is 2. The van der Waals surface area contributed by atoms with Crippen LogP contribution < -0.4 is 27.4 Å². The summed E-state index contributed by atoms with van der Waals surface area (Å²) in [4.78, 5) is 32.6. The van der Waals surface area contributed by atoms with Crippen LogP contribution in [0.15, 0.2) is 26.9 Å². The number of rotatable bonds is 5. The SMILES string of the molecule is CON=C1CN(c2cc3c(cc2F)c(=O)c2c(=O)[nH]sc2n3C2CC2)CC1(CN)CN. The minimum absolute atomic E-state index is 0.0949. The summed E-state index contributed by atoms with van der Waals surface area (Å²) in [5, 5.41) is 4.40. The van der Waals surface area contributed by atoms with Crippen LogP contribution >= 0.6 is 11.5 Å². The van der Waals surface area contributed by atoms with Gasteiger partial charge in [0.25, 0.3) is 5.56 Å². The Morgan fingerprint density at radius 1 is 1.32 bits per heavy atom. The third kappa shape index (κ3) is 2.91. The number of oxime groups is 1. The van der Waals surface area contributed by atoms with Crippen molar-refractivity contribution in [2.24, 2.45) is 22.0 Å². The lowest BCUT2D eigenvalue weighted by molar-refractivity contribution is 0.208. The highest BCUT2D eigenvalue weighted by Crippen LogP contribution is 2.41. The van der Waals surface area contributed by atoms with E-state index >= 15 is 4.39 Å². The molecule has 9 nitrogen and oxygen atoms in total. The van der Waals surface area contributed by atoms with E-state index in [9.17, 15) is 9.59 Å². The number of hydrogen-bond acceptors (Lipinski definition) is 8. The van der Waals surface area contributed by atoms with Crippen molar-refractivity contribution < 1.29 is 9.23 Å². The van der Waals surface area contributed by atoms with Crippen LogP contribution in [0.4, 0.5) is 10.1 Å². The standard InChI is InChI=1S/C20H23FN6O3S/c1-30-24-15-6-26(9-20(15,7-22)8-23)14-5-13-11(4-12(14)21)17(28)16-18(29)25-31-19(16)27(13)10-2-3-10/h4-5,10H,2-3,6-9,22-23H2,1H3,(H,25,29). The summed E-state index contributed by atoms with van der Waals surface area (Å²) < 4.78 is 19.9. The third-order valence-corrected chi connectivity index (χ3v) is 7.26. The molecule has 3 heterocycles. The van der Waals surface area contributed by atoms with Gasteiger partial charge in [-0.1, -0.05) is 5.16 Å². The first-order valence-corrected chi connectivity index (χ1v) is 10.9. The van der Waals surface area contributed by atoms with Gasteiger partial charge in [-0.3, -0.25) is 14.0 Å². The Bertz CT molecular complexity index is 1330. The maximum absolute atomic E-state index is 15.3. The third-order valence-electron chi connectivity index (χ3n) is 6.38. The van der Waals surface area contributed by atoms with Crippen LogP contribution in [0.2, 0.25) is 0 Å². The highest BCUT2D eigenvalue weighted by Gasteiger charge is 2.43. The minimum Gasteiger partial charge on any atom is -0.399 e. The molecule has 1 aliphatic carbocycles. The van der Waals surface area contributed by atoms with Gasteiger partial charge in [0, 0.05) is 31.1 Å². The summed E-state index contributed by atoms with van der Waals surface area (Å²) in [6.07, 6.45) is 1.90. The monoisotopic (exact) mass is 446 g/mol. The number of nitrogens with one attached hydrogen (secondary N) is 1. The summed E-state index contributed by atoms with van der Waals surface area (Å²) >= 11 is 1.14. The number of aromatic amines is 1. The maximum Gasteiger partial charge on any atom is 0.271 e. The average molecular weight is 447 g/mol. The minimum atomic E-state index is -0.613. The number of H-pyrrole nitrogens is 1. The zero-order valence-electron chi connectivity index (χ0n) is 17.0. The van der Waals surface area contributed by atoms with Gasteiger partial charge in [0.1, 0.15) is 23.1 Å². The fourth-order valence-corrected chi connectivity index (χ4v) is 5.42. The van der Waals surface area contributed by atoms with Gasteiger partial charge in [-0.25, -0.2) is 4.39 Å². The van der Waals surface area contributed by atoms with Crippen molar-refractivity contribution in [1.82, 2.24) is 8.94 Å². The van der Waals surface area contributed by atoms with Crippen LogP contribution in [0.5, 0.6) is 0 Å². The van der Waals surface area contributed by atoms with E-state index in [-0.39, 0.29) is 29.9 Å². The molecule has 0 bridgehead atoms. The van der Waals surface area contributed by atoms with Crippen molar-refractivity contribution in [3.63, 3.8) is 0 Å². The summed E-state index contributed by atoms with van der Waals surface area (Å²) in [6, 6.07) is 3.12. The normalized spacial score (nSPS) is 19.7. The number of anilines is 1. The molecule has 2 aliphatic rings. The number of benzene rings is 1. The van der Waals surface area contributed by atoms with Gasteiger partial charge in [0.15, 0.2) is 0 Å². The Morgan fingerprint density at radius 3 is 2.71 bits per heavy atom. The van der Waals surface area contributed by atoms with Crippen molar-refractivity contribution in [1.29, 1.82) is 0 Å². The molecule has 0 radical (unpaired) electrons. The molecule has 1 aliphatic heterocycles. The maximum atomic E-state index is 15.3. The van der Waals surface area contributed by atoms with Crippen LogP contribution in [-0.4, -0.2) is 47.9 Å². The molecule has 3 aromatic rings. The first kappa shape index (κ1) is 20.2. The predicted molar refractivity (Wildman–Crippen MR) is 120 cm³/mol. The van der Waals surface area contributed by atoms with Crippen molar-refractivity contribution in [2.45, 2.75) is 18.9 Å². The van der Waals surface area contributed by atoms with E-state index in [0.29, 0.717) is 34.8 Å². The van der Waals surface area contributed by atoms with E-state index in [0.717, 1.165) is 24.4 Å². The van der Waals surface area contributed by atoms with Gasteiger partial charge >= 0.3 is 0 Å². The Balaban J connectivity index is 1.73. The van der Waals surface area contributed by atoms with E-state index in [1.807, 2.05) is 9.47 Å². The molecule has 5 rings (SSSR count). The second-order valence-electron chi connectivity index (χ2n) is 8.23. The Morgan fingerprint density at radius 2 is 2.06 bits per heavy atom. The van der Waals surface area contributed by atoms with E-state index in [4.69, 9.17) is 16.3 Å². The molecule has 31 heavy (non-hydrogen) atoms. The fraction of sp³-hybridized carbons (Fsp3) is 0.450. The predicted octanol–water partition coefficient (Wildman–Crippen LogP) is 1.10. The molecule has 164 valence electrons. The molecule has 11 heteroatoms. The first-order chi connectivity index (χ1) is 14.9. The molecule has 2 fully saturated rings. The molecular weight excluding hydrogens is 423 g/mol. The topological polar surface area (TPSA) is 132 Å². The van der Waals surface area contributed by atoms with Gasteiger partial charge < -0.3 is 25.8 Å². The van der Waals surface area contributed by atoms with Gasteiger partial charge in [0.05, 0.1) is 28.9 Å². The Kier molecular flexibility index (Phi) is 4.65. The summed E-state index contributed by atoms with van der Waals surface area (Å²) in [6.45, 7) is 1.21. The number of fused-ring (bicyclic) bond motifs is 2. The molecule has 2 aromatic heterocycles. The number of nitrogens with zero attached hydrogens (tertiary/aromatic N) is 3. The Hall–Kier alpha value is -2.76. The first-order valence-electron chi connectivity index (χ1n) is 10.1. The van der Waals surface area contributed by atoms with Gasteiger partial charge in [-0.2, -0.15) is 0 Å². The van der Waals surface area contributed by atoms with Crippen molar-refractivity contribution in [3.05, 3.63) is 38.5 Å². The lowest BCUT2D eigenvalue weighted by atomic mass is 9.86. The molecule has 1 aromatic carbocycles. The number of hydrogen-bond donors (Lipinski definition) is 3. The van der Waals surface area contributed by atoms with E-state index in [1.54, 1.807) is 6.07 Å². The Labute approximate surface area is 180 Å². The van der Waals surface area contributed by atoms with Crippen LogP contribution in [0.1, 0.15) is 18.9 Å². The number of nitrogens with two attached hydrogens (primary N) is 2. The molecule has 0 spiro atoms. The van der Waals surface area contributed by atoms with Crippen LogP contribution in [0.25, 0.3) is 21.1 Å². The molecule has 5 N–H and O–H groups in total. The lowest BCUT2D eigenvalue weighted by Crippen LogP contribution is -2.45. The number of halogens is 1. The van der Waals surface area contributed by atoms with Crippen molar-refractivity contribution in [3.8, 4) is 0 Å². The van der Waals surface area contributed by atoms with E-state index in [1.165, 1.54) is 13.2 Å². The fourth-order valence-electron chi connectivity index (χ4n) is 4.49. The van der Waals surface area contributed by atoms with Gasteiger partial charge in [-0.15, -0.1) is 0 Å². The summed E-state index contributed by atoms with van der Waals surface area (Å²) in [5.74, 6) is -0.542. The highest BCUT2D eigenvalue weighted by molar-refractivity contribution is 7.12. The van der Waals surface area contributed by atoms with E-state index in [2.05, 4.69) is 9.53 Å². The highest BCUT2D eigenvalue weighted by atomic mass is 32.1. The van der Waals surface area contributed by atoms with E-state index < -0.39 is 22.2 Å². The van der Waals surface area contributed by atoms with Gasteiger partial charge in [0.2, 0.25) is 5.43 Å². The quantitative estimate of drug-likeness (QED) is 0.503. The van der Waals surface area contributed by atoms with Crippen LogP contribution in [0.3, 0.4) is 0 Å². The largest absolute Gasteiger partial charge is 0.399 e. The molecule has 0 amide bonds. The molecule has 0 unspecified atom stereocenters. The van der Waals surface area contributed by atoms with Crippen LogP contribution in [0, 0.1) is 11.2 Å². The second kappa shape index (κ2) is 7.14. The smallest absolute Gasteiger partial charge is 0.271 e. The molecule has 1 saturated heterocycles. The van der Waals surface area contributed by atoms with Crippen LogP contribution in [-0.2, 0) is 4.84 Å². The zero-order valence-corrected chi connectivity index (χ0v) is 17.8. The summed E-state index contributed by atoms with van der Waals surface area (Å²) in [5.41, 5.74) is 12.2. The zero-order chi connectivity index (χ0) is 21.9. The molecular formula is C20H23FN6O3S. The molecule has 0 atom stereocenters. The average Bonchev–Trinajstić information content (AvgIpc) is 3.43. The summed E-state index contributed by atoms with van der Waals surface area (Å²) in [7, 11) is 1.45. The van der Waals surface area contributed by atoms with Gasteiger partial charge in [-0.05, 0) is 36.5 Å². The number of pyridine rings is 1. The molecule has 1 saturated carbocycles. The van der Waals surface area contributed by atoms with Crippen molar-refractivity contribution >= 4 is 44.1 Å².